The lowest BCUT2D eigenvalue weighted by Gasteiger charge is -2.21. The molecule has 0 bridgehead atoms. The van der Waals surface area contributed by atoms with Gasteiger partial charge in [0.15, 0.2) is 5.82 Å². The third kappa shape index (κ3) is 3.62. The summed E-state index contributed by atoms with van der Waals surface area (Å²) in [7, 11) is 0. The zero-order valence-electron chi connectivity index (χ0n) is 7.98. The van der Waals surface area contributed by atoms with E-state index >= 15 is 0 Å². The van der Waals surface area contributed by atoms with E-state index in [1.807, 2.05) is 0 Å². The molecule has 1 heterocycles. The second-order valence-corrected chi connectivity index (χ2v) is 2.88. The van der Waals surface area contributed by atoms with Crippen molar-refractivity contribution in [3.05, 3.63) is 12.1 Å². The van der Waals surface area contributed by atoms with Gasteiger partial charge in [0, 0.05) is 6.54 Å². The molecule has 0 radical (unpaired) electrons. The van der Waals surface area contributed by atoms with Gasteiger partial charge in [0.05, 0.1) is 13.2 Å². The lowest BCUT2D eigenvalue weighted by atomic mass is 10.4. The zero-order valence-corrected chi connectivity index (χ0v) is 7.98. The van der Waals surface area contributed by atoms with Crippen LogP contribution in [0.5, 0.6) is 0 Å². The smallest absolute Gasteiger partial charge is 0.255 e. The summed E-state index contributed by atoms with van der Waals surface area (Å²) < 4.78 is 24.4. The molecule has 3 N–H and O–H groups in total. The molecule has 0 atom stereocenters. The van der Waals surface area contributed by atoms with Gasteiger partial charge >= 0.3 is 0 Å². The van der Waals surface area contributed by atoms with Gasteiger partial charge in [-0.1, -0.05) is 0 Å². The van der Waals surface area contributed by atoms with E-state index < -0.39 is 13.0 Å². The van der Waals surface area contributed by atoms with Gasteiger partial charge in [-0.15, -0.1) is 10.2 Å². The number of nitrogens with zero attached hydrogens (tertiary/aromatic N) is 3. The molecule has 15 heavy (non-hydrogen) atoms. The molecule has 0 aliphatic heterocycles. The van der Waals surface area contributed by atoms with Gasteiger partial charge in [-0.3, -0.25) is 0 Å². The molecule has 5 nitrogen and oxygen atoms in total. The Bertz CT molecular complexity index is 293. The Morgan fingerprint density at radius 2 is 2.13 bits per heavy atom. The first kappa shape index (κ1) is 11.6. The average Bonchev–Trinajstić information content (AvgIpc) is 2.17. The molecular weight excluding hydrogens is 206 g/mol. The van der Waals surface area contributed by atoms with Crippen LogP contribution in [0.1, 0.15) is 0 Å². The van der Waals surface area contributed by atoms with Gasteiger partial charge in [-0.2, -0.15) is 0 Å². The summed E-state index contributed by atoms with van der Waals surface area (Å²) in [4.78, 5) is 1.25. The summed E-state index contributed by atoms with van der Waals surface area (Å²) in [5.41, 5.74) is 5.31. The highest BCUT2D eigenvalue weighted by molar-refractivity contribution is 5.41. The number of hydrogen-bond donors (Lipinski definition) is 2. The van der Waals surface area contributed by atoms with Crippen molar-refractivity contribution in [3.8, 4) is 0 Å². The van der Waals surface area contributed by atoms with Crippen molar-refractivity contribution in [3.63, 3.8) is 0 Å². The molecule has 1 aromatic rings. The van der Waals surface area contributed by atoms with E-state index in [4.69, 9.17) is 10.8 Å². The second-order valence-electron chi connectivity index (χ2n) is 2.88. The van der Waals surface area contributed by atoms with Gasteiger partial charge in [-0.05, 0) is 12.1 Å². The Labute approximate surface area is 85.5 Å². The van der Waals surface area contributed by atoms with Crippen LogP contribution in [0, 0.1) is 0 Å². The topological polar surface area (TPSA) is 75.3 Å². The predicted molar refractivity (Wildman–Crippen MR) is 51.7 cm³/mol. The number of anilines is 2. The maximum absolute atomic E-state index is 12.2. The fraction of sp³-hybridized carbons (Fsp3) is 0.500. The minimum Gasteiger partial charge on any atom is -0.395 e. The van der Waals surface area contributed by atoms with Crippen molar-refractivity contribution in [2.24, 2.45) is 0 Å². The summed E-state index contributed by atoms with van der Waals surface area (Å²) in [5, 5.41) is 15.9. The van der Waals surface area contributed by atoms with E-state index in [1.165, 1.54) is 17.0 Å². The van der Waals surface area contributed by atoms with Gasteiger partial charge in [0.25, 0.3) is 6.43 Å². The largest absolute Gasteiger partial charge is 0.395 e. The molecule has 7 heteroatoms. The predicted octanol–water partition coefficient (Wildman–Crippen LogP) is 0.123. The fourth-order valence-electron chi connectivity index (χ4n) is 1.09. The van der Waals surface area contributed by atoms with Crippen molar-refractivity contribution in [2.45, 2.75) is 6.43 Å². The lowest BCUT2D eigenvalue weighted by molar-refractivity contribution is 0.152. The molecule has 0 aromatic carbocycles. The third-order valence-electron chi connectivity index (χ3n) is 1.72. The Kier molecular flexibility index (Phi) is 4.17. The SMILES string of the molecule is Nc1ccc(N(CCO)CC(F)F)nn1. The highest BCUT2D eigenvalue weighted by Gasteiger charge is 2.13. The van der Waals surface area contributed by atoms with Crippen LogP contribution >= 0.6 is 0 Å². The third-order valence-corrected chi connectivity index (χ3v) is 1.72. The molecule has 0 aliphatic rings. The van der Waals surface area contributed by atoms with Gasteiger partial charge in [0.2, 0.25) is 0 Å². The molecule has 1 rings (SSSR count). The normalized spacial score (nSPS) is 10.7. The van der Waals surface area contributed by atoms with Crippen molar-refractivity contribution in [1.82, 2.24) is 10.2 Å². The Morgan fingerprint density at radius 1 is 1.40 bits per heavy atom. The highest BCUT2D eigenvalue weighted by atomic mass is 19.3. The van der Waals surface area contributed by atoms with Crippen molar-refractivity contribution >= 4 is 11.6 Å². The van der Waals surface area contributed by atoms with Gasteiger partial charge < -0.3 is 15.7 Å². The van der Waals surface area contributed by atoms with Crippen LogP contribution < -0.4 is 10.6 Å². The fourth-order valence-corrected chi connectivity index (χ4v) is 1.09. The Hall–Kier alpha value is -1.50. The quantitative estimate of drug-likeness (QED) is 0.734. The van der Waals surface area contributed by atoms with E-state index in [-0.39, 0.29) is 24.8 Å². The average molecular weight is 218 g/mol. The summed E-state index contributed by atoms with van der Waals surface area (Å²) >= 11 is 0. The number of halogens is 2. The molecular formula is C8H12F2N4O. The van der Waals surface area contributed by atoms with E-state index in [9.17, 15) is 8.78 Å². The number of alkyl halides is 2. The number of rotatable bonds is 5. The Balaban J connectivity index is 2.74. The van der Waals surface area contributed by atoms with Crippen LogP contribution in [0.3, 0.4) is 0 Å². The van der Waals surface area contributed by atoms with E-state index in [2.05, 4.69) is 10.2 Å². The Morgan fingerprint density at radius 3 is 2.60 bits per heavy atom. The first-order valence-corrected chi connectivity index (χ1v) is 4.36. The molecule has 0 aliphatic carbocycles. The van der Waals surface area contributed by atoms with Crippen LogP contribution in [0.4, 0.5) is 20.4 Å². The molecule has 0 saturated carbocycles. The maximum Gasteiger partial charge on any atom is 0.255 e. The molecule has 0 amide bonds. The van der Waals surface area contributed by atoms with E-state index in [0.717, 1.165) is 0 Å². The number of hydrogen-bond acceptors (Lipinski definition) is 5. The monoisotopic (exact) mass is 218 g/mol. The summed E-state index contributed by atoms with van der Waals surface area (Å²) in [6.45, 7) is -0.624. The molecule has 0 fully saturated rings. The summed E-state index contributed by atoms with van der Waals surface area (Å²) in [5.74, 6) is 0.498. The molecule has 0 unspecified atom stereocenters. The highest BCUT2D eigenvalue weighted by Crippen LogP contribution is 2.11. The zero-order chi connectivity index (χ0) is 11.3. The maximum atomic E-state index is 12.2. The lowest BCUT2D eigenvalue weighted by Crippen LogP contribution is -2.32. The minimum absolute atomic E-state index is 0.0862. The number of nitrogens with two attached hydrogens (primary N) is 1. The van der Waals surface area contributed by atoms with Crippen LogP contribution in [0.2, 0.25) is 0 Å². The van der Waals surface area contributed by atoms with Crippen LogP contribution in [0.15, 0.2) is 12.1 Å². The summed E-state index contributed by atoms with van der Waals surface area (Å²) in [6.07, 6.45) is -2.49. The van der Waals surface area contributed by atoms with Crippen molar-refractivity contribution < 1.29 is 13.9 Å². The number of aromatic nitrogens is 2. The van der Waals surface area contributed by atoms with E-state index in [1.54, 1.807) is 0 Å². The number of aliphatic hydroxyl groups is 1. The standard InChI is InChI=1S/C8H12F2N4O/c9-6(10)5-14(3-4-15)8-2-1-7(11)12-13-8/h1-2,6,15H,3-5H2,(H2,11,12). The molecule has 84 valence electrons. The first-order chi connectivity index (χ1) is 7.13. The number of nitrogen functional groups attached to an aromatic ring is 1. The first-order valence-electron chi connectivity index (χ1n) is 4.36. The van der Waals surface area contributed by atoms with Crippen molar-refractivity contribution in [1.29, 1.82) is 0 Å². The van der Waals surface area contributed by atoms with Crippen LogP contribution in [0.25, 0.3) is 0 Å². The van der Waals surface area contributed by atoms with Gasteiger partial charge in [-0.25, -0.2) is 8.78 Å². The number of aliphatic hydroxyl groups excluding tert-OH is 1. The van der Waals surface area contributed by atoms with Gasteiger partial charge in [0.1, 0.15) is 5.82 Å². The second kappa shape index (κ2) is 5.40. The minimum atomic E-state index is -2.49. The molecule has 1 aromatic heterocycles. The van der Waals surface area contributed by atoms with Crippen LogP contribution in [-0.4, -0.2) is 41.4 Å². The van der Waals surface area contributed by atoms with Crippen molar-refractivity contribution in [2.75, 3.05) is 30.3 Å². The molecule has 0 saturated heterocycles. The van der Waals surface area contributed by atoms with Crippen LogP contribution in [-0.2, 0) is 0 Å². The van der Waals surface area contributed by atoms with E-state index in [0.29, 0.717) is 0 Å². The summed E-state index contributed by atoms with van der Waals surface area (Å²) in [6, 6.07) is 2.96. The molecule has 0 spiro atoms.